The van der Waals surface area contributed by atoms with Crippen LogP contribution >= 0.6 is 0 Å². The number of aromatic nitrogens is 2. The van der Waals surface area contributed by atoms with Crippen LogP contribution in [0.15, 0.2) is 23.0 Å². The summed E-state index contributed by atoms with van der Waals surface area (Å²) < 4.78 is 7.23. The maximum atomic E-state index is 12.0. The summed E-state index contributed by atoms with van der Waals surface area (Å²) in [6.07, 6.45) is 1.83. The minimum absolute atomic E-state index is 0.00231. The van der Waals surface area contributed by atoms with E-state index in [9.17, 15) is 4.79 Å². The van der Waals surface area contributed by atoms with Gasteiger partial charge in [0.1, 0.15) is 0 Å². The lowest BCUT2D eigenvalue weighted by atomic mass is 10.1. The Morgan fingerprint density at radius 1 is 1.35 bits per heavy atom. The molecule has 4 nitrogen and oxygen atoms in total. The largest absolute Gasteiger partial charge is 0.381 e. The van der Waals surface area contributed by atoms with Crippen LogP contribution in [0.5, 0.6) is 0 Å². The van der Waals surface area contributed by atoms with Gasteiger partial charge in [0.15, 0.2) is 0 Å². The fourth-order valence-electron chi connectivity index (χ4n) is 2.55. The normalized spacial score (nSPS) is 17.7. The van der Waals surface area contributed by atoms with Crippen LogP contribution in [0.1, 0.15) is 24.4 Å². The summed E-state index contributed by atoms with van der Waals surface area (Å²) in [5.74, 6) is 0. The van der Waals surface area contributed by atoms with Gasteiger partial charge in [-0.1, -0.05) is 6.07 Å². The van der Waals surface area contributed by atoms with Crippen LogP contribution in [0.3, 0.4) is 0 Å². The molecule has 1 aromatic carbocycles. The van der Waals surface area contributed by atoms with Gasteiger partial charge >= 0.3 is 5.69 Å². The van der Waals surface area contributed by atoms with Crippen LogP contribution in [0.4, 0.5) is 0 Å². The maximum Gasteiger partial charge on any atom is 0.326 e. The molecule has 0 unspecified atom stereocenters. The predicted octanol–water partition coefficient (Wildman–Crippen LogP) is 1.99. The van der Waals surface area contributed by atoms with Crippen molar-refractivity contribution in [2.45, 2.75) is 25.8 Å². The van der Waals surface area contributed by atoms with Crippen molar-refractivity contribution >= 4 is 11.0 Å². The van der Waals surface area contributed by atoms with Gasteiger partial charge < -0.3 is 9.72 Å². The number of ether oxygens (including phenoxy) is 1. The molecule has 0 aliphatic carbocycles. The standard InChI is InChI=1S/C13H16N2O2/c1-9-2-3-12-11(8-9)14-13(16)15(12)10-4-6-17-7-5-10/h2-3,8,10H,4-7H2,1H3,(H,14,16). The molecule has 2 aromatic rings. The van der Waals surface area contributed by atoms with Crippen LogP contribution in [0.2, 0.25) is 0 Å². The molecule has 1 fully saturated rings. The Hall–Kier alpha value is -1.55. The minimum atomic E-state index is -0.00231. The number of nitrogens with zero attached hydrogens (tertiary/aromatic N) is 1. The van der Waals surface area contributed by atoms with Crippen LogP contribution in [0, 0.1) is 6.92 Å². The summed E-state index contributed by atoms with van der Waals surface area (Å²) >= 11 is 0. The first kappa shape index (κ1) is 10.6. The smallest absolute Gasteiger partial charge is 0.326 e. The summed E-state index contributed by atoms with van der Waals surface area (Å²) in [4.78, 5) is 14.9. The Morgan fingerprint density at radius 3 is 2.88 bits per heavy atom. The van der Waals surface area contributed by atoms with Crippen molar-refractivity contribution in [2.24, 2.45) is 0 Å². The molecule has 17 heavy (non-hydrogen) atoms. The lowest BCUT2D eigenvalue weighted by Crippen LogP contribution is -2.27. The van der Waals surface area contributed by atoms with E-state index in [-0.39, 0.29) is 11.7 Å². The molecule has 3 rings (SSSR count). The number of nitrogens with one attached hydrogen (secondary N) is 1. The molecule has 90 valence electrons. The number of imidazole rings is 1. The molecule has 4 heteroatoms. The van der Waals surface area contributed by atoms with Gasteiger partial charge in [0, 0.05) is 19.3 Å². The van der Waals surface area contributed by atoms with E-state index in [1.54, 1.807) is 0 Å². The van der Waals surface area contributed by atoms with E-state index >= 15 is 0 Å². The topological polar surface area (TPSA) is 47.0 Å². The Morgan fingerprint density at radius 2 is 2.12 bits per heavy atom. The molecule has 1 aliphatic rings. The second kappa shape index (κ2) is 4.04. The molecule has 1 aliphatic heterocycles. The van der Waals surface area contributed by atoms with Crippen LogP contribution in [-0.4, -0.2) is 22.8 Å². The molecule has 0 saturated carbocycles. The first-order valence-electron chi connectivity index (χ1n) is 6.04. The van der Waals surface area contributed by atoms with Crippen molar-refractivity contribution in [3.05, 3.63) is 34.2 Å². The lowest BCUT2D eigenvalue weighted by Gasteiger charge is -2.23. The summed E-state index contributed by atoms with van der Waals surface area (Å²) in [6, 6.07) is 6.36. The zero-order valence-electron chi connectivity index (χ0n) is 9.90. The third kappa shape index (κ3) is 1.78. The maximum absolute atomic E-state index is 12.0. The fraction of sp³-hybridized carbons (Fsp3) is 0.462. The Balaban J connectivity index is 2.14. The van der Waals surface area contributed by atoms with Crippen molar-refractivity contribution < 1.29 is 4.74 Å². The average Bonchev–Trinajstić information content (AvgIpc) is 2.65. The van der Waals surface area contributed by atoms with Crippen LogP contribution < -0.4 is 5.69 Å². The van der Waals surface area contributed by atoms with E-state index in [4.69, 9.17) is 4.74 Å². The third-order valence-electron chi connectivity index (χ3n) is 3.43. The van der Waals surface area contributed by atoms with Gasteiger partial charge in [0.2, 0.25) is 0 Å². The van der Waals surface area contributed by atoms with Gasteiger partial charge in [-0.25, -0.2) is 4.79 Å². The Labute approximate surface area is 99.2 Å². The van der Waals surface area contributed by atoms with E-state index in [0.29, 0.717) is 0 Å². The summed E-state index contributed by atoms with van der Waals surface area (Å²) in [5, 5.41) is 0. The average molecular weight is 232 g/mol. The van der Waals surface area contributed by atoms with Crippen molar-refractivity contribution in [1.29, 1.82) is 0 Å². The molecule has 0 atom stereocenters. The van der Waals surface area contributed by atoms with Gasteiger partial charge in [-0.05, 0) is 37.5 Å². The highest BCUT2D eigenvalue weighted by Gasteiger charge is 2.19. The third-order valence-corrected chi connectivity index (χ3v) is 3.43. The molecule has 0 bridgehead atoms. The highest BCUT2D eigenvalue weighted by atomic mass is 16.5. The van der Waals surface area contributed by atoms with E-state index in [1.807, 2.05) is 29.7 Å². The molecule has 0 radical (unpaired) electrons. The summed E-state index contributed by atoms with van der Waals surface area (Å²) in [5.41, 5.74) is 3.10. The summed E-state index contributed by atoms with van der Waals surface area (Å²) in [7, 11) is 0. The van der Waals surface area contributed by atoms with Gasteiger partial charge in [-0.15, -0.1) is 0 Å². The zero-order valence-corrected chi connectivity index (χ0v) is 9.90. The van der Waals surface area contributed by atoms with Gasteiger partial charge in [-0.2, -0.15) is 0 Å². The van der Waals surface area contributed by atoms with E-state index in [2.05, 4.69) is 4.98 Å². The zero-order chi connectivity index (χ0) is 11.8. The van der Waals surface area contributed by atoms with Crippen molar-refractivity contribution in [1.82, 2.24) is 9.55 Å². The molecule has 1 saturated heterocycles. The number of benzene rings is 1. The van der Waals surface area contributed by atoms with E-state index in [1.165, 1.54) is 0 Å². The van der Waals surface area contributed by atoms with Crippen LogP contribution in [0.25, 0.3) is 11.0 Å². The highest BCUT2D eigenvalue weighted by molar-refractivity contribution is 5.76. The van der Waals surface area contributed by atoms with Crippen molar-refractivity contribution in [3.8, 4) is 0 Å². The number of aromatic amines is 1. The Kier molecular flexibility index (Phi) is 2.52. The first-order chi connectivity index (χ1) is 8.25. The minimum Gasteiger partial charge on any atom is -0.381 e. The molecule has 0 amide bonds. The highest BCUT2D eigenvalue weighted by Crippen LogP contribution is 2.23. The number of hydrogen-bond acceptors (Lipinski definition) is 2. The van der Waals surface area contributed by atoms with E-state index < -0.39 is 0 Å². The summed E-state index contributed by atoms with van der Waals surface area (Å²) in [6.45, 7) is 3.52. The van der Waals surface area contributed by atoms with Crippen LogP contribution in [-0.2, 0) is 4.74 Å². The van der Waals surface area contributed by atoms with Gasteiger partial charge in [0.25, 0.3) is 0 Å². The number of H-pyrrole nitrogens is 1. The van der Waals surface area contributed by atoms with Crippen molar-refractivity contribution in [2.75, 3.05) is 13.2 Å². The predicted molar refractivity (Wildman–Crippen MR) is 66.4 cm³/mol. The molecule has 2 heterocycles. The lowest BCUT2D eigenvalue weighted by molar-refractivity contribution is 0.0698. The number of hydrogen-bond donors (Lipinski definition) is 1. The monoisotopic (exact) mass is 232 g/mol. The SMILES string of the molecule is Cc1ccc2c(c1)[nH]c(=O)n2C1CCOCC1. The molecule has 1 N–H and O–H groups in total. The first-order valence-corrected chi connectivity index (χ1v) is 6.04. The number of rotatable bonds is 1. The van der Waals surface area contributed by atoms with Crippen molar-refractivity contribution in [3.63, 3.8) is 0 Å². The van der Waals surface area contributed by atoms with Gasteiger partial charge in [-0.3, -0.25) is 4.57 Å². The molecule has 0 spiro atoms. The number of fused-ring (bicyclic) bond motifs is 1. The quantitative estimate of drug-likeness (QED) is 0.817. The molecular weight excluding hydrogens is 216 g/mol. The van der Waals surface area contributed by atoms with Gasteiger partial charge in [0.05, 0.1) is 11.0 Å². The molecular formula is C13H16N2O2. The number of aryl methyl sites for hydroxylation is 1. The van der Waals surface area contributed by atoms with E-state index in [0.717, 1.165) is 42.7 Å². The molecule has 1 aromatic heterocycles. The fourth-order valence-corrected chi connectivity index (χ4v) is 2.55. The second-order valence-corrected chi connectivity index (χ2v) is 4.66. The Bertz CT molecular complexity index is 591. The second-order valence-electron chi connectivity index (χ2n) is 4.66.